The molecule has 0 aliphatic carbocycles. The highest BCUT2D eigenvalue weighted by atomic mass is 16.3. The molecule has 0 aliphatic heterocycles. The van der Waals surface area contributed by atoms with Crippen molar-refractivity contribution in [3.8, 4) is 0 Å². The van der Waals surface area contributed by atoms with E-state index in [4.69, 9.17) is 5.73 Å². The Morgan fingerprint density at radius 3 is 2.47 bits per heavy atom. The SMILES string of the molecule is CC(C)(O)C(C)(C)Nc1ncccc1C(N)=O. The van der Waals surface area contributed by atoms with E-state index in [9.17, 15) is 9.90 Å². The highest BCUT2D eigenvalue weighted by Crippen LogP contribution is 2.26. The number of nitrogens with two attached hydrogens (primary N) is 1. The second kappa shape index (κ2) is 4.33. The van der Waals surface area contributed by atoms with Crippen molar-refractivity contribution >= 4 is 11.7 Å². The van der Waals surface area contributed by atoms with E-state index in [0.717, 1.165) is 0 Å². The molecule has 0 fully saturated rings. The van der Waals surface area contributed by atoms with Crippen LogP contribution >= 0.6 is 0 Å². The van der Waals surface area contributed by atoms with E-state index >= 15 is 0 Å². The van der Waals surface area contributed by atoms with Gasteiger partial charge in [-0.05, 0) is 39.8 Å². The summed E-state index contributed by atoms with van der Waals surface area (Å²) < 4.78 is 0. The summed E-state index contributed by atoms with van der Waals surface area (Å²) in [6.07, 6.45) is 1.56. The minimum atomic E-state index is -0.973. The minimum Gasteiger partial charge on any atom is -0.388 e. The van der Waals surface area contributed by atoms with Gasteiger partial charge >= 0.3 is 0 Å². The molecule has 1 aromatic heterocycles. The Morgan fingerprint density at radius 2 is 2.00 bits per heavy atom. The Kier molecular flexibility index (Phi) is 3.43. The molecule has 0 aromatic carbocycles. The molecular formula is C12H19N3O2. The van der Waals surface area contributed by atoms with Crippen LogP contribution in [0.5, 0.6) is 0 Å². The number of primary amides is 1. The largest absolute Gasteiger partial charge is 0.388 e. The Labute approximate surface area is 101 Å². The van der Waals surface area contributed by atoms with Crippen LogP contribution in [0.25, 0.3) is 0 Å². The van der Waals surface area contributed by atoms with Gasteiger partial charge in [0.15, 0.2) is 0 Å². The topological polar surface area (TPSA) is 88.2 Å². The molecule has 0 radical (unpaired) electrons. The van der Waals surface area contributed by atoms with Crippen LogP contribution in [0.2, 0.25) is 0 Å². The summed E-state index contributed by atoms with van der Waals surface area (Å²) in [4.78, 5) is 15.3. The molecule has 0 bridgehead atoms. The minimum absolute atomic E-state index is 0.310. The van der Waals surface area contributed by atoms with Crippen molar-refractivity contribution in [3.05, 3.63) is 23.9 Å². The number of pyridine rings is 1. The first kappa shape index (κ1) is 13.4. The van der Waals surface area contributed by atoms with Crippen LogP contribution in [-0.4, -0.2) is 27.1 Å². The predicted molar refractivity (Wildman–Crippen MR) is 66.8 cm³/mol. The monoisotopic (exact) mass is 237 g/mol. The molecule has 0 unspecified atom stereocenters. The third-order valence-corrected chi connectivity index (χ3v) is 3.03. The van der Waals surface area contributed by atoms with E-state index in [1.54, 1.807) is 32.2 Å². The number of carbonyl (C=O) groups excluding carboxylic acids is 1. The highest BCUT2D eigenvalue weighted by Gasteiger charge is 2.35. The van der Waals surface area contributed by atoms with Gasteiger partial charge in [-0.25, -0.2) is 4.98 Å². The van der Waals surface area contributed by atoms with Crippen LogP contribution in [0.15, 0.2) is 18.3 Å². The lowest BCUT2D eigenvalue weighted by Crippen LogP contribution is -2.51. The number of carbonyl (C=O) groups is 1. The van der Waals surface area contributed by atoms with Crippen molar-refractivity contribution in [2.45, 2.75) is 38.8 Å². The third-order valence-electron chi connectivity index (χ3n) is 3.03. The van der Waals surface area contributed by atoms with Gasteiger partial charge in [0.1, 0.15) is 5.82 Å². The van der Waals surface area contributed by atoms with Crippen molar-refractivity contribution in [2.24, 2.45) is 5.73 Å². The molecule has 5 nitrogen and oxygen atoms in total. The smallest absolute Gasteiger partial charge is 0.252 e. The average Bonchev–Trinajstić information content (AvgIpc) is 2.15. The van der Waals surface area contributed by atoms with E-state index in [1.165, 1.54) is 0 Å². The van der Waals surface area contributed by atoms with Crippen LogP contribution in [0.4, 0.5) is 5.82 Å². The molecule has 1 heterocycles. The maximum absolute atomic E-state index is 11.2. The summed E-state index contributed by atoms with van der Waals surface area (Å²) in [6, 6.07) is 3.24. The van der Waals surface area contributed by atoms with Gasteiger partial charge in [0.05, 0.1) is 16.7 Å². The van der Waals surface area contributed by atoms with Gasteiger partial charge in [0.25, 0.3) is 5.91 Å². The molecule has 1 amide bonds. The lowest BCUT2D eigenvalue weighted by atomic mass is 9.86. The number of aliphatic hydroxyl groups is 1. The number of aromatic nitrogens is 1. The summed E-state index contributed by atoms with van der Waals surface area (Å²) in [5, 5.41) is 13.1. The number of amides is 1. The highest BCUT2D eigenvalue weighted by molar-refractivity contribution is 5.97. The van der Waals surface area contributed by atoms with E-state index in [-0.39, 0.29) is 0 Å². The molecule has 1 rings (SSSR count). The Morgan fingerprint density at radius 1 is 1.41 bits per heavy atom. The first-order valence-electron chi connectivity index (χ1n) is 5.40. The molecule has 0 spiro atoms. The van der Waals surface area contributed by atoms with Gasteiger partial charge in [-0.15, -0.1) is 0 Å². The number of anilines is 1. The summed E-state index contributed by atoms with van der Waals surface area (Å²) in [7, 11) is 0. The molecule has 94 valence electrons. The molecular weight excluding hydrogens is 218 g/mol. The van der Waals surface area contributed by atoms with Crippen molar-refractivity contribution in [1.29, 1.82) is 0 Å². The first-order chi connectivity index (χ1) is 7.65. The maximum Gasteiger partial charge on any atom is 0.252 e. The zero-order valence-electron chi connectivity index (χ0n) is 10.6. The zero-order valence-corrected chi connectivity index (χ0v) is 10.6. The van der Waals surface area contributed by atoms with Gasteiger partial charge in [-0.3, -0.25) is 4.79 Å². The zero-order chi connectivity index (χ0) is 13.3. The third kappa shape index (κ3) is 2.94. The summed E-state index contributed by atoms with van der Waals surface area (Å²) in [5.41, 5.74) is 3.95. The van der Waals surface area contributed by atoms with E-state index in [1.807, 2.05) is 13.8 Å². The van der Waals surface area contributed by atoms with Crippen LogP contribution in [0.3, 0.4) is 0 Å². The fourth-order valence-electron chi connectivity index (χ4n) is 1.15. The number of nitrogens with one attached hydrogen (secondary N) is 1. The van der Waals surface area contributed by atoms with Crippen LogP contribution < -0.4 is 11.1 Å². The molecule has 1 aromatic rings. The Hall–Kier alpha value is -1.62. The fourth-order valence-corrected chi connectivity index (χ4v) is 1.15. The van der Waals surface area contributed by atoms with E-state index < -0.39 is 17.0 Å². The lowest BCUT2D eigenvalue weighted by molar-refractivity contribution is 0.0238. The molecule has 17 heavy (non-hydrogen) atoms. The number of hydrogen-bond acceptors (Lipinski definition) is 4. The Bertz CT molecular complexity index is 422. The van der Waals surface area contributed by atoms with E-state index in [0.29, 0.717) is 11.4 Å². The van der Waals surface area contributed by atoms with E-state index in [2.05, 4.69) is 10.3 Å². The van der Waals surface area contributed by atoms with Crippen molar-refractivity contribution in [2.75, 3.05) is 5.32 Å². The van der Waals surface area contributed by atoms with Gasteiger partial charge in [-0.2, -0.15) is 0 Å². The lowest BCUT2D eigenvalue weighted by Gasteiger charge is -2.38. The maximum atomic E-state index is 11.2. The van der Waals surface area contributed by atoms with Crippen molar-refractivity contribution in [3.63, 3.8) is 0 Å². The molecule has 0 aliphatic rings. The molecule has 5 heteroatoms. The fraction of sp³-hybridized carbons (Fsp3) is 0.500. The first-order valence-corrected chi connectivity index (χ1v) is 5.40. The summed E-state index contributed by atoms with van der Waals surface area (Å²) >= 11 is 0. The standard InChI is InChI=1S/C12H19N3O2/c1-11(2,12(3,4)17)15-10-8(9(13)16)6-5-7-14-10/h5-7,17H,1-4H3,(H2,13,16)(H,14,15). The van der Waals surface area contributed by atoms with Crippen LogP contribution in [0, 0.1) is 0 Å². The second-order valence-electron chi connectivity index (χ2n) is 5.07. The van der Waals surface area contributed by atoms with Gasteiger partial charge < -0.3 is 16.2 Å². The quantitative estimate of drug-likeness (QED) is 0.732. The normalized spacial score (nSPS) is 12.3. The van der Waals surface area contributed by atoms with Crippen LogP contribution in [-0.2, 0) is 0 Å². The number of hydrogen-bond donors (Lipinski definition) is 3. The molecule has 0 saturated carbocycles. The van der Waals surface area contributed by atoms with Crippen molar-refractivity contribution in [1.82, 2.24) is 4.98 Å². The van der Waals surface area contributed by atoms with Gasteiger partial charge in [-0.1, -0.05) is 0 Å². The Balaban J connectivity index is 3.08. The predicted octanol–water partition coefficient (Wildman–Crippen LogP) is 1.14. The average molecular weight is 237 g/mol. The molecule has 0 saturated heterocycles. The van der Waals surface area contributed by atoms with Crippen LogP contribution in [0.1, 0.15) is 38.1 Å². The summed E-state index contributed by atoms with van der Waals surface area (Å²) in [5.74, 6) is -0.167. The molecule has 0 atom stereocenters. The number of rotatable bonds is 4. The van der Waals surface area contributed by atoms with Crippen molar-refractivity contribution < 1.29 is 9.90 Å². The van der Waals surface area contributed by atoms with Gasteiger partial charge in [0.2, 0.25) is 0 Å². The van der Waals surface area contributed by atoms with Gasteiger partial charge in [0, 0.05) is 6.20 Å². The molecule has 4 N–H and O–H groups in total. The second-order valence-corrected chi connectivity index (χ2v) is 5.07. The summed E-state index contributed by atoms with van der Waals surface area (Å²) in [6.45, 7) is 7.03. The number of nitrogens with zero attached hydrogens (tertiary/aromatic N) is 1.